The molecule has 0 aromatic carbocycles. The summed E-state index contributed by atoms with van der Waals surface area (Å²) in [7, 11) is -5.42. The van der Waals surface area contributed by atoms with Crippen molar-refractivity contribution in [2.24, 2.45) is 18.9 Å². The molecule has 0 saturated carbocycles. The molecule has 2 aliphatic rings. The van der Waals surface area contributed by atoms with Crippen LogP contribution in [0.25, 0.3) is 11.3 Å². The summed E-state index contributed by atoms with van der Waals surface area (Å²) >= 11 is 0. The third kappa shape index (κ3) is 6.30. The second kappa shape index (κ2) is 10.1. The van der Waals surface area contributed by atoms with Crippen LogP contribution in [0.2, 0.25) is 0 Å². The minimum Gasteiger partial charge on any atom is -0.451 e. The van der Waals surface area contributed by atoms with Gasteiger partial charge in [0, 0.05) is 32.9 Å². The van der Waals surface area contributed by atoms with Gasteiger partial charge in [-0.2, -0.15) is 17.8 Å². The summed E-state index contributed by atoms with van der Waals surface area (Å²) in [6, 6.07) is 2.94. The van der Waals surface area contributed by atoms with Crippen molar-refractivity contribution >= 4 is 31.9 Å². The number of furan rings is 1. The molecule has 2 aromatic rings. The Balaban J connectivity index is 1.31. The smallest absolute Gasteiger partial charge is 0.304 e. The Morgan fingerprint density at radius 1 is 1.20 bits per heavy atom. The highest BCUT2D eigenvalue weighted by Crippen LogP contribution is 2.23. The summed E-state index contributed by atoms with van der Waals surface area (Å²) in [6.07, 6.45) is 5.28. The fourth-order valence-electron chi connectivity index (χ4n) is 4.30. The molecule has 2 aliphatic heterocycles. The van der Waals surface area contributed by atoms with Crippen molar-refractivity contribution in [2.75, 3.05) is 31.1 Å². The molecular formula is C21H29N5O7S2. The summed E-state index contributed by atoms with van der Waals surface area (Å²) < 4.78 is 59.0. The molecule has 2 amide bonds. The van der Waals surface area contributed by atoms with E-state index in [0.29, 0.717) is 43.6 Å². The molecule has 192 valence electrons. The van der Waals surface area contributed by atoms with Crippen molar-refractivity contribution in [2.45, 2.75) is 25.7 Å². The topological polar surface area (TPSA) is 161 Å². The van der Waals surface area contributed by atoms with Gasteiger partial charge in [-0.05, 0) is 43.7 Å². The van der Waals surface area contributed by atoms with Gasteiger partial charge >= 0.3 is 16.1 Å². The SMILES string of the molecule is Cn1cc(-c2ccc(C(=O)NS(=O)(=O)N3CCCC(C(=O)NCC4CCS(=O)(=O)CC4)C3)o2)cn1. The van der Waals surface area contributed by atoms with Crippen LogP contribution >= 0.6 is 0 Å². The molecule has 2 aromatic heterocycles. The quantitative estimate of drug-likeness (QED) is 0.520. The number of hydrogen-bond acceptors (Lipinski definition) is 8. The Hall–Kier alpha value is -2.71. The van der Waals surface area contributed by atoms with E-state index in [1.807, 2.05) is 4.72 Å². The van der Waals surface area contributed by atoms with E-state index >= 15 is 0 Å². The highest BCUT2D eigenvalue weighted by Gasteiger charge is 2.34. The minimum absolute atomic E-state index is 0.0490. The van der Waals surface area contributed by atoms with Crippen molar-refractivity contribution in [3.05, 3.63) is 30.3 Å². The number of nitrogens with zero attached hydrogens (tertiary/aromatic N) is 3. The first-order valence-corrected chi connectivity index (χ1v) is 14.7. The molecule has 4 heterocycles. The molecule has 35 heavy (non-hydrogen) atoms. The van der Waals surface area contributed by atoms with Gasteiger partial charge in [-0.25, -0.2) is 13.1 Å². The second-order valence-corrected chi connectivity index (χ2v) is 13.0. The summed E-state index contributed by atoms with van der Waals surface area (Å²) in [5.41, 5.74) is 0.647. The fraction of sp³-hybridized carbons (Fsp3) is 0.571. The standard InChI is InChI=1S/C21H29N5O7S2/c1-25-13-17(12-23-25)18-4-5-19(33-18)21(28)24-35(31,32)26-8-2-3-16(14-26)20(27)22-11-15-6-9-34(29,30)10-7-15/h4-5,12-13,15-16H,2-3,6-11,14H2,1H3,(H,22,27)(H,24,28). The van der Waals surface area contributed by atoms with Gasteiger partial charge in [0.25, 0.3) is 0 Å². The normalized spacial score (nSPS) is 21.5. The number of piperidine rings is 1. The van der Waals surface area contributed by atoms with Gasteiger partial charge in [-0.1, -0.05) is 0 Å². The van der Waals surface area contributed by atoms with Gasteiger partial charge in [-0.3, -0.25) is 14.3 Å². The van der Waals surface area contributed by atoms with E-state index in [-0.39, 0.29) is 42.2 Å². The zero-order valence-corrected chi connectivity index (χ0v) is 21.0. The molecule has 0 aliphatic carbocycles. The van der Waals surface area contributed by atoms with E-state index in [1.165, 1.54) is 6.07 Å². The molecule has 2 saturated heterocycles. The number of hydrogen-bond donors (Lipinski definition) is 2. The monoisotopic (exact) mass is 527 g/mol. The van der Waals surface area contributed by atoms with Gasteiger partial charge < -0.3 is 9.73 Å². The van der Waals surface area contributed by atoms with Crippen molar-refractivity contribution < 1.29 is 30.8 Å². The highest BCUT2D eigenvalue weighted by atomic mass is 32.2. The maximum atomic E-state index is 12.8. The van der Waals surface area contributed by atoms with Crippen LogP contribution in [-0.2, 0) is 31.9 Å². The molecule has 0 spiro atoms. The molecule has 12 nitrogen and oxygen atoms in total. The molecule has 1 unspecified atom stereocenters. The van der Waals surface area contributed by atoms with Gasteiger partial charge in [0.1, 0.15) is 15.6 Å². The summed E-state index contributed by atoms with van der Waals surface area (Å²) in [5.74, 6) is -1.15. The van der Waals surface area contributed by atoms with Gasteiger partial charge in [0.15, 0.2) is 5.76 Å². The lowest BCUT2D eigenvalue weighted by Gasteiger charge is -2.31. The predicted molar refractivity (Wildman–Crippen MR) is 126 cm³/mol. The van der Waals surface area contributed by atoms with Gasteiger partial charge in [0.05, 0.1) is 29.2 Å². The molecular weight excluding hydrogens is 498 g/mol. The lowest BCUT2D eigenvalue weighted by molar-refractivity contribution is -0.126. The van der Waals surface area contributed by atoms with Crippen LogP contribution in [0.15, 0.2) is 28.9 Å². The molecule has 2 N–H and O–H groups in total. The van der Waals surface area contributed by atoms with E-state index in [2.05, 4.69) is 10.4 Å². The predicted octanol–water partition coefficient (Wildman–Crippen LogP) is 0.308. The summed E-state index contributed by atoms with van der Waals surface area (Å²) in [5, 5.41) is 6.87. The number of carbonyl (C=O) groups is 2. The van der Waals surface area contributed by atoms with Crippen molar-refractivity contribution in [3.63, 3.8) is 0 Å². The first kappa shape index (κ1) is 25.4. The largest absolute Gasteiger partial charge is 0.451 e. The minimum atomic E-state index is -4.19. The number of sulfone groups is 1. The molecule has 0 radical (unpaired) electrons. The van der Waals surface area contributed by atoms with E-state index in [9.17, 15) is 26.4 Å². The third-order valence-electron chi connectivity index (χ3n) is 6.37. The maximum absolute atomic E-state index is 12.8. The molecule has 14 heteroatoms. The van der Waals surface area contributed by atoms with Crippen LogP contribution < -0.4 is 10.0 Å². The zero-order chi connectivity index (χ0) is 25.2. The number of aryl methyl sites for hydroxylation is 1. The van der Waals surface area contributed by atoms with Crippen LogP contribution in [0, 0.1) is 11.8 Å². The Morgan fingerprint density at radius 3 is 2.63 bits per heavy atom. The Kier molecular flexibility index (Phi) is 7.33. The van der Waals surface area contributed by atoms with Crippen molar-refractivity contribution in [1.82, 2.24) is 24.1 Å². The summed E-state index contributed by atoms with van der Waals surface area (Å²) in [6.45, 7) is 0.505. The zero-order valence-electron chi connectivity index (χ0n) is 19.3. The van der Waals surface area contributed by atoms with E-state index in [4.69, 9.17) is 4.42 Å². The number of aromatic nitrogens is 2. The van der Waals surface area contributed by atoms with Gasteiger partial charge in [-0.15, -0.1) is 0 Å². The lowest BCUT2D eigenvalue weighted by atomic mass is 9.97. The maximum Gasteiger partial charge on any atom is 0.304 e. The molecule has 4 rings (SSSR count). The first-order chi connectivity index (χ1) is 16.5. The molecule has 0 bridgehead atoms. The van der Waals surface area contributed by atoms with Crippen molar-refractivity contribution in [1.29, 1.82) is 0 Å². The Labute approximate surface area is 204 Å². The number of nitrogens with one attached hydrogen (secondary N) is 2. The van der Waals surface area contributed by atoms with E-state index < -0.39 is 31.9 Å². The average molecular weight is 528 g/mol. The second-order valence-electron chi connectivity index (χ2n) is 9.04. The van der Waals surface area contributed by atoms with Crippen LogP contribution in [0.1, 0.15) is 36.2 Å². The highest BCUT2D eigenvalue weighted by molar-refractivity contribution is 7.91. The van der Waals surface area contributed by atoms with Crippen LogP contribution in [0.3, 0.4) is 0 Å². The first-order valence-electron chi connectivity index (χ1n) is 11.4. The number of amides is 2. The average Bonchev–Trinajstić information content (AvgIpc) is 3.47. The van der Waals surface area contributed by atoms with E-state index in [1.54, 1.807) is 30.2 Å². The Morgan fingerprint density at radius 2 is 1.94 bits per heavy atom. The summed E-state index contributed by atoms with van der Waals surface area (Å²) in [4.78, 5) is 25.2. The van der Waals surface area contributed by atoms with Crippen LogP contribution in [0.5, 0.6) is 0 Å². The van der Waals surface area contributed by atoms with Gasteiger partial charge in [0.2, 0.25) is 5.91 Å². The van der Waals surface area contributed by atoms with Crippen LogP contribution in [-0.4, -0.2) is 73.9 Å². The number of carbonyl (C=O) groups excluding carboxylic acids is 2. The third-order valence-corrected chi connectivity index (χ3v) is 9.55. The van der Waals surface area contributed by atoms with Crippen molar-refractivity contribution in [3.8, 4) is 11.3 Å². The van der Waals surface area contributed by atoms with Crippen LogP contribution in [0.4, 0.5) is 0 Å². The Bertz CT molecular complexity index is 1280. The number of rotatable bonds is 7. The molecule has 2 fully saturated rings. The van der Waals surface area contributed by atoms with E-state index in [0.717, 1.165) is 4.31 Å². The molecule has 1 atom stereocenters. The fourth-order valence-corrected chi connectivity index (χ4v) is 7.10. The lowest BCUT2D eigenvalue weighted by Crippen LogP contribution is -2.50.